The molecule has 6 nitrogen and oxygen atoms in total. The first-order valence-corrected chi connectivity index (χ1v) is 6.94. The second-order valence-corrected chi connectivity index (χ2v) is 5.43. The topological polar surface area (TPSA) is 81.7 Å². The first kappa shape index (κ1) is 15.9. The van der Waals surface area contributed by atoms with Gasteiger partial charge in [0, 0.05) is 19.2 Å². The summed E-state index contributed by atoms with van der Waals surface area (Å²) in [6.07, 6.45) is 2.93. The number of aliphatic hydroxyl groups excluding tert-OH is 1. The number of likely N-dealkylation sites (tertiary alicyclic amines) is 1. The van der Waals surface area contributed by atoms with Crippen LogP contribution < -0.4 is 10.6 Å². The van der Waals surface area contributed by atoms with Crippen LogP contribution in [0.5, 0.6) is 0 Å². The smallest absolute Gasteiger partial charge is 0.321 e. The minimum absolute atomic E-state index is 0.0109. The van der Waals surface area contributed by atoms with E-state index < -0.39 is 6.03 Å². The monoisotopic (exact) mass is 271 g/mol. The van der Waals surface area contributed by atoms with E-state index in [0.717, 1.165) is 32.4 Å². The zero-order valence-electron chi connectivity index (χ0n) is 11.8. The Balaban J connectivity index is 2.29. The molecule has 6 heteroatoms. The lowest BCUT2D eigenvalue weighted by molar-refractivity contribution is -0.121. The van der Waals surface area contributed by atoms with Crippen LogP contribution in [-0.4, -0.2) is 54.2 Å². The SMILES string of the molecule is CC(C)NC(=O)NC(=O)CN1CCCC(CCO)C1. The van der Waals surface area contributed by atoms with Crippen LogP contribution in [0.15, 0.2) is 0 Å². The van der Waals surface area contributed by atoms with Gasteiger partial charge < -0.3 is 10.4 Å². The summed E-state index contributed by atoms with van der Waals surface area (Å²) in [6, 6.07) is -0.430. The summed E-state index contributed by atoms with van der Waals surface area (Å²) < 4.78 is 0. The van der Waals surface area contributed by atoms with Crippen LogP contribution in [-0.2, 0) is 4.79 Å². The molecule has 1 aliphatic heterocycles. The van der Waals surface area contributed by atoms with Crippen molar-refractivity contribution in [1.29, 1.82) is 0 Å². The Morgan fingerprint density at radius 3 is 2.79 bits per heavy atom. The molecule has 0 aromatic heterocycles. The number of urea groups is 1. The molecule has 0 bridgehead atoms. The number of carbonyl (C=O) groups excluding carboxylic acids is 2. The van der Waals surface area contributed by atoms with Crippen molar-refractivity contribution < 1.29 is 14.7 Å². The second kappa shape index (κ2) is 8.12. The summed E-state index contributed by atoms with van der Waals surface area (Å²) in [5.41, 5.74) is 0. The lowest BCUT2D eigenvalue weighted by Crippen LogP contribution is -2.48. The van der Waals surface area contributed by atoms with E-state index in [-0.39, 0.29) is 25.1 Å². The fourth-order valence-electron chi connectivity index (χ4n) is 2.38. The van der Waals surface area contributed by atoms with E-state index in [1.54, 1.807) is 0 Å². The van der Waals surface area contributed by atoms with E-state index in [9.17, 15) is 9.59 Å². The molecule has 1 atom stereocenters. The molecule has 1 aliphatic rings. The van der Waals surface area contributed by atoms with Crippen molar-refractivity contribution in [2.75, 3.05) is 26.2 Å². The molecule has 0 spiro atoms. The highest BCUT2D eigenvalue weighted by Gasteiger charge is 2.21. The Kier molecular flexibility index (Phi) is 6.80. The largest absolute Gasteiger partial charge is 0.396 e. The molecule has 0 saturated carbocycles. The highest BCUT2D eigenvalue weighted by atomic mass is 16.3. The molecule has 1 fully saturated rings. The van der Waals surface area contributed by atoms with Gasteiger partial charge in [0.25, 0.3) is 0 Å². The van der Waals surface area contributed by atoms with Crippen molar-refractivity contribution in [3.8, 4) is 0 Å². The first-order chi connectivity index (χ1) is 9.01. The zero-order valence-corrected chi connectivity index (χ0v) is 11.8. The van der Waals surface area contributed by atoms with Crippen molar-refractivity contribution in [3.63, 3.8) is 0 Å². The summed E-state index contributed by atoms with van der Waals surface area (Å²) in [4.78, 5) is 25.1. The van der Waals surface area contributed by atoms with E-state index in [0.29, 0.717) is 5.92 Å². The maximum Gasteiger partial charge on any atom is 0.321 e. The van der Waals surface area contributed by atoms with Crippen molar-refractivity contribution in [2.45, 2.75) is 39.2 Å². The summed E-state index contributed by atoms with van der Waals surface area (Å²) >= 11 is 0. The van der Waals surface area contributed by atoms with E-state index in [1.165, 1.54) is 0 Å². The highest BCUT2D eigenvalue weighted by molar-refractivity contribution is 5.95. The van der Waals surface area contributed by atoms with Gasteiger partial charge in [-0.25, -0.2) is 4.79 Å². The third kappa shape index (κ3) is 6.54. The Bertz CT molecular complexity index is 306. The molecule has 3 amide bonds. The number of amides is 3. The second-order valence-electron chi connectivity index (χ2n) is 5.43. The number of aliphatic hydroxyl groups is 1. The third-order valence-corrected chi connectivity index (χ3v) is 3.18. The number of nitrogens with zero attached hydrogens (tertiary/aromatic N) is 1. The van der Waals surface area contributed by atoms with Gasteiger partial charge in [-0.1, -0.05) is 0 Å². The summed E-state index contributed by atoms with van der Waals surface area (Å²) in [5.74, 6) is 0.179. The van der Waals surface area contributed by atoms with Gasteiger partial charge in [-0.15, -0.1) is 0 Å². The average molecular weight is 271 g/mol. The van der Waals surface area contributed by atoms with Gasteiger partial charge in [0.1, 0.15) is 0 Å². The van der Waals surface area contributed by atoms with Crippen LogP contribution in [0.2, 0.25) is 0 Å². The molecule has 0 aromatic carbocycles. The van der Waals surface area contributed by atoms with Crippen LogP contribution in [0.25, 0.3) is 0 Å². The van der Waals surface area contributed by atoms with Gasteiger partial charge in [-0.3, -0.25) is 15.0 Å². The zero-order chi connectivity index (χ0) is 14.3. The van der Waals surface area contributed by atoms with Crippen molar-refractivity contribution in [2.24, 2.45) is 5.92 Å². The van der Waals surface area contributed by atoms with E-state index in [2.05, 4.69) is 10.6 Å². The molecule has 0 radical (unpaired) electrons. The molecule has 1 heterocycles. The summed E-state index contributed by atoms with van der Waals surface area (Å²) in [5, 5.41) is 13.9. The average Bonchev–Trinajstić information content (AvgIpc) is 2.28. The Morgan fingerprint density at radius 1 is 1.42 bits per heavy atom. The third-order valence-electron chi connectivity index (χ3n) is 3.18. The maximum absolute atomic E-state index is 11.7. The molecular weight excluding hydrogens is 246 g/mol. The maximum atomic E-state index is 11.7. The van der Waals surface area contributed by atoms with Crippen LogP contribution >= 0.6 is 0 Å². The van der Waals surface area contributed by atoms with Crippen molar-refractivity contribution >= 4 is 11.9 Å². The van der Waals surface area contributed by atoms with Gasteiger partial charge in [0.2, 0.25) is 5.91 Å². The number of carbonyl (C=O) groups is 2. The number of piperidine rings is 1. The van der Waals surface area contributed by atoms with Crippen LogP contribution in [0.4, 0.5) is 4.79 Å². The molecule has 1 saturated heterocycles. The van der Waals surface area contributed by atoms with Gasteiger partial charge in [-0.2, -0.15) is 0 Å². The van der Waals surface area contributed by atoms with Gasteiger partial charge >= 0.3 is 6.03 Å². The Hall–Kier alpha value is -1.14. The van der Waals surface area contributed by atoms with E-state index >= 15 is 0 Å². The molecule has 0 aromatic rings. The molecule has 1 unspecified atom stereocenters. The normalized spacial score (nSPS) is 20.3. The molecule has 110 valence electrons. The Morgan fingerprint density at radius 2 is 2.16 bits per heavy atom. The van der Waals surface area contributed by atoms with Crippen LogP contribution in [0.3, 0.4) is 0 Å². The summed E-state index contributed by atoms with van der Waals surface area (Å²) in [7, 11) is 0. The fourth-order valence-corrected chi connectivity index (χ4v) is 2.38. The molecule has 19 heavy (non-hydrogen) atoms. The first-order valence-electron chi connectivity index (χ1n) is 6.94. The number of hydrogen-bond donors (Lipinski definition) is 3. The van der Waals surface area contributed by atoms with Gasteiger partial charge in [0.05, 0.1) is 6.54 Å². The van der Waals surface area contributed by atoms with Crippen molar-refractivity contribution in [1.82, 2.24) is 15.5 Å². The van der Waals surface area contributed by atoms with E-state index in [4.69, 9.17) is 5.11 Å². The quantitative estimate of drug-likeness (QED) is 0.672. The van der Waals surface area contributed by atoms with E-state index in [1.807, 2.05) is 18.7 Å². The van der Waals surface area contributed by atoms with Crippen LogP contribution in [0, 0.1) is 5.92 Å². The van der Waals surface area contributed by atoms with Gasteiger partial charge in [0.15, 0.2) is 0 Å². The highest BCUT2D eigenvalue weighted by Crippen LogP contribution is 2.18. The minimum Gasteiger partial charge on any atom is -0.396 e. The number of nitrogens with one attached hydrogen (secondary N) is 2. The lowest BCUT2D eigenvalue weighted by atomic mass is 9.95. The number of imide groups is 1. The number of rotatable bonds is 5. The van der Waals surface area contributed by atoms with Gasteiger partial charge in [-0.05, 0) is 45.6 Å². The predicted molar refractivity (Wildman–Crippen MR) is 72.7 cm³/mol. The lowest BCUT2D eigenvalue weighted by Gasteiger charge is -2.31. The summed E-state index contributed by atoms with van der Waals surface area (Å²) in [6.45, 7) is 5.82. The van der Waals surface area contributed by atoms with Crippen LogP contribution in [0.1, 0.15) is 33.1 Å². The fraction of sp³-hybridized carbons (Fsp3) is 0.846. The van der Waals surface area contributed by atoms with Crippen molar-refractivity contribution in [3.05, 3.63) is 0 Å². The Labute approximate surface area is 114 Å². The number of hydrogen-bond acceptors (Lipinski definition) is 4. The molecule has 0 aliphatic carbocycles. The standard InChI is InChI=1S/C13H25N3O3/c1-10(2)14-13(19)15-12(18)9-16-6-3-4-11(8-16)5-7-17/h10-11,17H,3-9H2,1-2H3,(H2,14,15,18,19). The predicted octanol–water partition coefficient (Wildman–Crippen LogP) is 0.315. The molecule has 3 N–H and O–H groups in total. The minimum atomic E-state index is -0.441. The molecule has 1 rings (SSSR count). The molecular formula is C13H25N3O3.